The van der Waals surface area contributed by atoms with Crippen LogP contribution in [0.25, 0.3) is 0 Å². The number of hydrogen-bond donors (Lipinski definition) is 8. The van der Waals surface area contributed by atoms with Gasteiger partial charge in [-0.05, 0) is 150 Å². The zero-order valence-electron chi connectivity index (χ0n) is 51.3. The van der Waals surface area contributed by atoms with Crippen molar-refractivity contribution in [3.05, 3.63) is 23.8 Å². The highest BCUT2D eigenvalue weighted by Gasteiger charge is 2.75. The highest BCUT2D eigenvalue weighted by atomic mass is 35.5. The summed E-state index contributed by atoms with van der Waals surface area (Å²) in [6.45, 7) is 23.7. The minimum Gasteiger partial charge on any atom is -0.459 e. The molecule has 19 nitrogen and oxygen atoms in total. The first kappa shape index (κ1) is 66.3. The summed E-state index contributed by atoms with van der Waals surface area (Å²) in [5.74, 6) is -4.70. The maximum atomic E-state index is 14.7. The van der Waals surface area contributed by atoms with E-state index in [0.717, 1.165) is 5.57 Å². The molecule has 5 unspecified atom stereocenters. The van der Waals surface area contributed by atoms with E-state index in [1.54, 1.807) is 54.5 Å². The molecule has 0 spiro atoms. The van der Waals surface area contributed by atoms with Crippen LogP contribution in [0.15, 0.2) is 23.8 Å². The maximum Gasteiger partial charge on any atom is 0.311 e. The second-order valence-electron chi connectivity index (χ2n) is 27.5. The number of aliphatic hydroxyl groups is 7. The van der Waals surface area contributed by atoms with Gasteiger partial charge in [0, 0.05) is 62.0 Å². The summed E-state index contributed by atoms with van der Waals surface area (Å²) in [4.78, 5) is 44.6. The van der Waals surface area contributed by atoms with Crippen molar-refractivity contribution < 1.29 is 78.6 Å². The number of fused-ring (bicyclic) bond motifs is 5. The highest BCUT2D eigenvalue weighted by molar-refractivity contribution is 6.26. The van der Waals surface area contributed by atoms with Gasteiger partial charge in [0.15, 0.2) is 24.0 Å². The number of cyclic esters (lactones) is 1. The van der Waals surface area contributed by atoms with Crippen LogP contribution in [0.5, 0.6) is 0 Å². The van der Waals surface area contributed by atoms with E-state index < -0.39 is 135 Å². The lowest BCUT2D eigenvalue weighted by atomic mass is 9.45. The Labute approximate surface area is 486 Å². The molecule has 3 saturated carbocycles. The standard InChI is InChI=1S/C61H102ClN3O16/c1-17-45-59(13,74)49(69)37(7)65(24-18-23-63-54(72)61(75)33(3)25-42-41-20-19-39-27-40(66)21-22-55(39,9)60(41,62)44(67)29-56(42,61)10)31-32(2)28-57(11,73)51(81-53-47(68)43(64(14)15)26-34(4)77-53)35(5)48(36(6)52(71)79-45)80-46-30-58(12,76-16)50(70)38(8)78-46/h21-22,27,32-38,41-51,53,67-70,73-75H,17-20,23-26,28-31H2,1-16H3,(H,63,72)/t32-,33+,34-,35+,36-,37-,38?,41?,42?,43-,44+,45-,46-,47-,48?,49-,50-,51?,53+,55+,56+,57-,58+,59-,60+,61+/m1/s1. The number of amides is 1. The molecule has 20 heteroatoms. The number of ketones is 1. The maximum absolute atomic E-state index is 14.7. The van der Waals surface area contributed by atoms with Gasteiger partial charge in [0.25, 0.3) is 5.91 Å². The molecule has 0 bridgehead atoms. The predicted molar refractivity (Wildman–Crippen MR) is 303 cm³/mol. The van der Waals surface area contributed by atoms with Crippen molar-refractivity contribution in [1.29, 1.82) is 0 Å². The first-order valence-corrected chi connectivity index (χ1v) is 30.5. The molecule has 81 heavy (non-hydrogen) atoms. The monoisotopic (exact) mass is 1170 g/mol. The van der Waals surface area contributed by atoms with Crippen LogP contribution in [0.3, 0.4) is 0 Å². The Morgan fingerprint density at radius 3 is 2.20 bits per heavy atom. The first-order valence-electron chi connectivity index (χ1n) is 30.1. The molecular weight excluding hydrogens is 1070 g/mol. The summed E-state index contributed by atoms with van der Waals surface area (Å²) in [5, 5.41) is 88.9. The van der Waals surface area contributed by atoms with Crippen LogP contribution in [0.1, 0.15) is 148 Å². The largest absolute Gasteiger partial charge is 0.459 e. The Kier molecular flexibility index (Phi) is 20.1. The molecule has 3 saturated heterocycles. The molecule has 0 aromatic rings. The van der Waals surface area contributed by atoms with Gasteiger partial charge >= 0.3 is 5.97 Å². The second kappa shape index (κ2) is 24.5. The molecule has 6 fully saturated rings. The number of esters is 1. The summed E-state index contributed by atoms with van der Waals surface area (Å²) in [7, 11) is 5.22. The molecule has 3 heterocycles. The number of carbonyl (C=O) groups excluding carboxylic acids is 3. The normalized spacial score (nSPS) is 50.3. The molecule has 464 valence electrons. The molecule has 0 aromatic heterocycles. The van der Waals surface area contributed by atoms with Crippen molar-refractivity contribution >= 4 is 29.3 Å². The molecule has 7 rings (SSSR count). The molecule has 0 radical (unpaired) electrons. The van der Waals surface area contributed by atoms with Crippen molar-refractivity contribution in [2.24, 2.45) is 46.3 Å². The predicted octanol–water partition coefficient (Wildman–Crippen LogP) is 4.39. The van der Waals surface area contributed by atoms with Crippen LogP contribution in [0.2, 0.25) is 0 Å². The summed E-state index contributed by atoms with van der Waals surface area (Å²) >= 11 is 7.67. The number of nitrogens with zero attached hydrogens (tertiary/aromatic N) is 2. The zero-order valence-corrected chi connectivity index (χ0v) is 52.0. The smallest absolute Gasteiger partial charge is 0.311 e. The van der Waals surface area contributed by atoms with E-state index in [4.69, 9.17) is 40.0 Å². The Balaban J connectivity index is 1.16. The van der Waals surface area contributed by atoms with Gasteiger partial charge in [0.05, 0.1) is 52.5 Å². The number of alkyl halides is 1. The van der Waals surface area contributed by atoms with Gasteiger partial charge in [-0.25, -0.2) is 0 Å². The van der Waals surface area contributed by atoms with E-state index in [1.807, 2.05) is 64.6 Å². The van der Waals surface area contributed by atoms with Gasteiger partial charge in [-0.1, -0.05) is 53.2 Å². The van der Waals surface area contributed by atoms with Gasteiger partial charge < -0.3 is 74.4 Å². The van der Waals surface area contributed by atoms with Crippen molar-refractivity contribution in [3.8, 4) is 0 Å². The number of halogens is 1. The van der Waals surface area contributed by atoms with Gasteiger partial charge in [-0.2, -0.15) is 0 Å². The SMILES string of the molecule is CC[C@H]1OC(=O)[C@H](C)C(O[C@@H]2C[C@](C)(OC)[C@H](O)C(C)O2)[C@H](C)C(O[C@@H]2O[C@H](C)C[C@@H](N(C)C)[C@H]2O)[C@](C)(O)C[C@@H](C)CN(CCCNC(=O)[C@@]2(O)[C@@H](C)CC3C4CCC5=CC(=O)C=C[C@]5(C)[C@@]4(Cl)[C@@H](O)C[C@@]32C)[C@H](C)[C@@H](O)[C@]1(C)O. The average molecular weight is 1170 g/mol. The molecular formula is C61H102ClN3O16. The van der Waals surface area contributed by atoms with Crippen LogP contribution in [-0.4, -0.2) is 211 Å². The first-order chi connectivity index (χ1) is 37.5. The highest BCUT2D eigenvalue weighted by Crippen LogP contribution is 2.71. The van der Waals surface area contributed by atoms with Gasteiger partial charge in [0.1, 0.15) is 30.0 Å². The van der Waals surface area contributed by atoms with E-state index >= 15 is 0 Å². The lowest BCUT2D eigenvalue weighted by Gasteiger charge is -2.63. The number of likely N-dealkylation sites (N-methyl/N-ethyl adjacent to an activating group) is 1. The molecule has 26 atom stereocenters. The Morgan fingerprint density at radius 1 is 0.901 bits per heavy atom. The number of rotatable bonds is 12. The quantitative estimate of drug-likeness (QED) is 0.0765. The van der Waals surface area contributed by atoms with E-state index in [2.05, 4.69) is 5.32 Å². The second-order valence-corrected chi connectivity index (χ2v) is 28.1. The van der Waals surface area contributed by atoms with Crippen molar-refractivity contribution in [2.45, 2.75) is 255 Å². The third-order valence-corrected chi connectivity index (χ3v) is 22.4. The summed E-state index contributed by atoms with van der Waals surface area (Å²) < 4.78 is 38.3. The molecule has 4 aliphatic carbocycles. The van der Waals surface area contributed by atoms with Crippen LogP contribution in [0, 0.1) is 46.3 Å². The Bertz CT molecular complexity index is 2310. The fourth-order valence-corrected chi connectivity index (χ4v) is 17.1. The third-order valence-electron chi connectivity index (χ3n) is 21.5. The summed E-state index contributed by atoms with van der Waals surface area (Å²) in [6.07, 6.45) is -3.64. The third kappa shape index (κ3) is 11.9. The summed E-state index contributed by atoms with van der Waals surface area (Å²) in [6, 6.07) is -1.14. The molecule has 7 aliphatic rings. The lowest BCUT2D eigenvalue weighted by Crippen LogP contribution is -2.69. The number of ether oxygens (including phenoxy) is 6. The molecule has 8 N–H and O–H groups in total. The lowest BCUT2D eigenvalue weighted by molar-refractivity contribution is -0.318. The number of nitrogens with one attached hydrogen (secondary N) is 1. The van der Waals surface area contributed by atoms with Crippen LogP contribution in [0.4, 0.5) is 0 Å². The number of methoxy groups -OCH3 is 1. The van der Waals surface area contributed by atoms with Crippen LogP contribution >= 0.6 is 11.6 Å². The van der Waals surface area contributed by atoms with E-state index in [1.165, 1.54) is 20.1 Å². The molecule has 3 aliphatic heterocycles. The minimum absolute atomic E-state index is 0.0723. The van der Waals surface area contributed by atoms with Gasteiger partial charge in [0.2, 0.25) is 0 Å². The van der Waals surface area contributed by atoms with Gasteiger partial charge in [-0.15, -0.1) is 11.6 Å². The zero-order chi connectivity index (χ0) is 60.5. The fourth-order valence-electron chi connectivity index (χ4n) is 16.5. The fraction of sp³-hybridized carbons (Fsp3) is 0.885. The van der Waals surface area contributed by atoms with Crippen LogP contribution in [-0.2, 0) is 42.8 Å². The number of aliphatic hydroxyl groups excluding tert-OH is 4. The topological polar surface area (TPSA) is 267 Å². The summed E-state index contributed by atoms with van der Waals surface area (Å²) in [5.41, 5.74) is -7.62. The Morgan fingerprint density at radius 2 is 1.57 bits per heavy atom. The number of hydrogen-bond acceptors (Lipinski definition) is 18. The number of allylic oxidation sites excluding steroid dienone is 4. The minimum atomic E-state index is -2.00. The molecule has 0 aromatic carbocycles. The van der Waals surface area contributed by atoms with Crippen molar-refractivity contribution in [2.75, 3.05) is 40.8 Å². The van der Waals surface area contributed by atoms with Crippen molar-refractivity contribution in [1.82, 2.24) is 15.1 Å². The van der Waals surface area contributed by atoms with Gasteiger partial charge in [-0.3, -0.25) is 19.3 Å². The van der Waals surface area contributed by atoms with Crippen molar-refractivity contribution in [3.63, 3.8) is 0 Å². The van der Waals surface area contributed by atoms with E-state index in [9.17, 15) is 50.1 Å². The van der Waals surface area contributed by atoms with Crippen LogP contribution < -0.4 is 5.32 Å². The average Bonchev–Trinajstić information content (AvgIpc) is 2.79. The van der Waals surface area contributed by atoms with E-state index in [-0.39, 0.29) is 81.0 Å². The Hall–Kier alpha value is -2.18. The number of carbonyl (C=O) groups is 3. The molecule has 1 amide bonds. The van der Waals surface area contributed by atoms with E-state index in [0.29, 0.717) is 32.1 Å².